The molecule has 3 N–H and O–H groups in total. The van der Waals surface area contributed by atoms with Gasteiger partial charge < -0.3 is 16.0 Å². The summed E-state index contributed by atoms with van der Waals surface area (Å²) in [5, 5.41) is 3.21. The molecule has 0 radical (unpaired) electrons. The highest BCUT2D eigenvalue weighted by molar-refractivity contribution is 5.83. The first-order valence-electron chi connectivity index (χ1n) is 5.86. The topological polar surface area (TPSA) is 71.2 Å². The second-order valence-corrected chi connectivity index (χ2v) is 4.31. The van der Waals surface area contributed by atoms with Crippen LogP contribution in [0.1, 0.15) is 12.8 Å². The van der Waals surface area contributed by atoms with Crippen LogP contribution < -0.4 is 16.0 Å². The first-order chi connectivity index (χ1) is 8.22. The number of rotatable bonds is 3. The third-order valence-corrected chi connectivity index (χ3v) is 3.28. The van der Waals surface area contributed by atoms with Crippen molar-refractivity contribution in [1.82, 2.24) is 10.3 Å². The molecule has 1 aromatic heterocycles. The number of aromatic nitrogens is 1. The number of amides is 1. The Hall–Kier alpha value is -1.62. The van der Waals surface area contributed by atoms with Gasteiger partial charge in [-0.05, 0) is 32.0 Å². The molecule has 2 heterocycles. The number of primary amides is 1. The van der Waals surface area contributed by atoms with Gasteiger partial charge in [0, 0.05) is 18.8 Å². The molecule has 1 aromatic rings. The van der Waals surface area contributed by atoms with E-state index >= 15 is 0 Å². The van der Waals surface area contributed by atoms with Gasteiger partial charge in [0.1, 0.15) is 11.9 Å². The molecule has 1 amide bonds. The predicted octanol–water partition coefficient (Wildman–Crippen LogP) is 0.124. The molecular formula is C12H18N4O. The highest BCUT2D eigenvalue weighted by atomic mass is 16.1. The monoisotopic (exact) mass is 234 g/mol. The van der Waals surface area contributed by atoms with Crippen molar-refractivity contribution in [2.24, 2.45) is 5.73 Å². The van der Waals surface area contributed by atoms with Gasteiger partial charge >= 0.3 is 0 Å². The lowest BCUT2D eigenvalue weighted by Gasteiger charge is -2.38. The minimum absolute atomic E-state index is 0.268. The Kier molecular flexibility index (Phi) is 3.58. The Labute approximate surface area is 101 Å². The van der Waals surface area contributed by atoms with Crippen LogP contribution in [-0.2, 0) is 4.79 Å². The summed E-state index contributed by atoms with van der Waals surface area (Å²) in [6.45, 7) is 0.802. The van der Waals surface area contributed by atoms with Crippen molar-refractivity contribution < 1.29 is 4.79 Å². The zero-order valence-corrected chi connectivity index (χ0v) is 9.97. The van der Waals surface area contributed by atoms with Crippen LogP contribution in [0.4, 0.5) is 5.82 Å². The molecule has 5 nitrogen and oxygen atoms in total. The smallest absolute Gasteiger partial charge is 0.240 e. The molecule has 0 aliphatic carbocycles. The molecule has 1 saturated heterocycles. The summed E-state index contributed by atoms with van der Waals surface area (Å²) >= 11 is 0. The van der Waals surface area contributed by atoms with Crippen LogP contribution in [0.2, 0.25) is 0 Å². The zero-order valence-electron chi connectivity index (χ0n) is 9.97. The van der Waals surface area contributed by atoms with Crippen molar-refractivity contribution in [1.29, 1.82) is 0 Å². The fraction of sp³-hybridized carbons (Fsp3) is 0.500. The molecule has 2 rings (SSSR count). The van der Waals surface area contributed by atoms with Gasteiger partial charge in [0.2, 0.25) is 5.91 Å². The van der Waals surface area contributed by atoms with Crippen molar-refractivity contribution in [3.05, 3.63) is 24.4 Å². The van der Waals surface area contributed by atoms with Crippen LogP contribution in [0, 0.1) is 0 Å². The number of piperidine rings is 1. The second kappa shape index (κ2) is 5.14. The number of hydrogen-bond donors (Lipinski definition) is 2. The number of nitrogens with one attached hydrogen (secondary N) is 1. The van der Waals surface area contributed by atoms with Gasteiger partial charge in [-0.2, -0.15) is 0 Å². The lowest BCUT2D eigenvalue weighted by Crippen LogP contribution is -2.54. The fourth-order valence-electron chi connectivity index (χ4n) is 2.30. The summed E-state index contributed by atoms with van der Waals surface area (Å²) in [4.78, 5) is 17.8. The molecule has 0 spiro atoms. The molecule has 1 aliphatic heterocycles. The van der Waals surface area contributed by atoms with E-state index in [9.17, 15) is 4.79 Å². The number of nitrogens with two attached hydrogens (primary N) is 1. The van der Waals surface area contributed by atoms with E-state index in [1.165, 1.54) is 0 Å². The van der Waals surface area contributed by atoms with E-state index < -0.39 is 0 Å². The van der Waals surface area contributed by atoms with Crippen molar-refractivity contribution in [3.63, 3.8) is 0 Å². The lowest BCUT2D eigenvalue weighted by atomic mass is 9.96. The van der Waals surface area contributed by atoms with Gasteiger partial charge in [0.15, 0.2) is 0 Å². The Bertz CT molecular complexity index is 381. The third kappa shape index (κ3) is 2.55. The summed E-state index contributed by atoms with van der Waals surface area (Å²) in [6, 6.07) is 5.78. The highest BCUT2D eigenvalue weighted by Crippen LogP contribution is 2.22. The lowest BCUT2D eigenvalue weighted by molar-refractivity contribution is -0.119. The van der Waals surface area contributed by atoms with Gasteiger partial charge in [-0.1, -0.05) is 6.07 Å². The fourth-order valence-corrected chi connectivity index (χ4v) is 2.30. The van der Waals surface area contributed by atoms with Gasteiger partial charge in [-0.3, -0.25) is 4.79 Å². The van der Waals surface area contributed by atoms with Crippen LogP contribution in [0.3, 0.4) is 0 Å². The maximum atomic E-state index is 11.5. The van der Waals surface area contributed by atoms with Crippen LogP contribution in [0.25, 0.3) is 0 Å². The average Bonchev–Trinajstić information content (AvgIpc) is 2.39. The standard InChI is InChI=1S/C12H18N4O/c1-14-9-5-7-16(10(8-9)12(13)17)11-4-2-3-6-15-11/h2-4,6,9-10,14H,5,7-8H2,1H3,(H2,13,17). The van der Waals surface area contributed by atoms with Gasteiger partial charge in [0.05, 0.1) is 0 Å². The van der Waals surface area contributed by atoms with E-state index in [-0.39, 0.29) is 11.9 Å². The summed E-state index contributed by atoms with van der Waals surface area (Å²) in [6.07, 6.45) is 3.47. The number of nitrogens with zero attached hydrogens (tertiary/aromatic N) is 2. The largest absolute Gasteiger partial charge is 0.368 e. The highest BCUT2D eigenvalue weighted by Gasteiger charge is 2.32. The Morgan fingerprint density at radius 1 is 1.59 bits per heavy atom. The molecule has 17 heavy (non-hydrogen) atoms. The van der Waals surface area contributed by atoms with Crippen molar-refractivity contribution in [2.45, 2.75) is 24.9 Å². The predicted molar refractivity (Wildman–Crippen MR) is 66.6 cm³/mol. The second-order valence-electron chi connectivity index (χ2n) is 4.31. The molecule has 2 unspecified atom stereocenters. The Morgan fingerprint density at radius 3 is 3.00 bits per heavy atom. The first-order valence-corrected chi connectivity index (χ1v) is 5.86. The molecule has 92 valence electrons. The Balaban J connectivity index is 2.19. The van der Waals surface area contributed by atoms with Crippen LogP contribution >= 0.6 is 0 Å². The van der Waals surface area contributed by atoms with Crippen molar-refractivity contribution in [2.75, 3.05) is 18.5 Å². The first kappa shape index (κ1) is 11.9. The van der Waals surface area contributed by atoms with Crippen molar-refractivity contribution >= 4 is 11.7 Å². The van der Waals surface area contributed by atoms with Gasteiger partial charge in [-0.15, -0.1) is 0 Å². The van der Waals surface area contributed by atoms with E-state index in [0.717, 1.165) is 25.2 Å². The molecule has 5 heteroatoms. The number of carbonyl (C=O) groups is 1. The maximum absolute atomic E-state index is 11.5. The van der Waals surface area contributed by atoms with Crippen LogP contribution in [-0.4, -0.2) is 36.6 Å². The van der Waals surface area contributed by atoms with Crippen molar-refractivity contribution in [3.8, 4) is 0 Å². The van der Waals surface area contributed by atoms with E-state index in [1.54, 1.807) is 6.20 Å². The molecule has 1 fully saturated rings. The Morgan fingerprint density at radius 2 is 2.41 bits per heavy atom. The summed E-state index contributed by atoms with van der Waals surface area (Å²) in [5.41, 5.74) is 5.48. The molecule has 0 bridgehead atoms. The van der Waals surface area contributed by atoms with Gasteiger partial charge in [0.25, 0.3) is 0 Å². The van der Waals surface area contributed by atoms with E-state index in [1.807, 2.05) is 30.1 Å². The molecular weight excluding hydrogens is 216 g/mol. The summed E-state index contributed by atoms with van der Waals surface area (Å²) in [5.74, 6) is 0.543. The minimum atomic E-state index is -0.282. The number of pyridine rings is 1. The van der Waals surface area contributed by atoms with E-state index in [0.29, 0.717) is 6.04 Å². The van der Waals surface area contributed by atoms with Crippen LogP contribution in [0.15, 0.2) is 24.4 Å². The third-order valence-electron chi connectivity index (χ3n) is 3.28. The molecule has 1 aliphatic rings. The molecule has 0 saturated carbocycles. The number of hydrogen-bond acceptors (Lipinski definition) is 4. The normalized spacial score (nSPS) is 24.6. The average molecular weight is 234 g/mol. The number of carbonyl (C=O) groups excluding carboxylic acids is 1. The summed E-state index contributed by atoms with van der Waals surface area (Å²) in [7, 11) is 1.92. The van der Waals surface area contributed by atoms with E-state index in [4.69, 9.17) is 5.73 Å². The minimum Gasteiger partial charge on any atom is -0.368 e. The SMILES string of the molecule is CNC1CCN(c2ccccn2)C(C(N)=O)C1. The number of anilines is 1. The van der Waals surface area contributed by atoms with Gasteiger partial charge in [-0.25, -0.2) is 4.98 Å². The maximum Gasteiger partial charge on any atom is 0.240 e. The molecule has 0 aromatic carbocycles. The summed E-state index contributed by atoms with van der Waals surface area (Å²) < 4.78 is 0. The quantitative estimate of drug-likeness (QED) is 0.779. The molecule has 2 atom stereocenters. The zero-order chi connectivity index (χ0) is 12.3. The van der Waals surface area contributed by atoms with E-state index in [2.05, 4.69) is 10.3 Å². The van der Waals surface area contributed by atoms with Crippen LogP contribution in [0.5, 0.6) is 0 Å².